The van der Waals surface area contributed by atoms with Crippen molar-refractivity contribution in [2.24, 2.45) is 0 Å². The van der Waals surface area contributed by atoms with Gasteiger partial charge in [-0.15, -0.1) is 0 Å². The maximum atomic E-state index is 4.71. The van der Waals surface area contributed by atoms with Gasteiger partial charge in [0.05, 0.1) is 4.47 Å². The van der Waals surface area contributed by atoms with Gasteiger partial charge < -0.3 is 4.98 Å². The van der Waals surface area contributed by atoms with Crippen LogP contribution in [0.3, 0.4) is 0 Å². The Morgan fingerprint density at radius 2 is 2.00 bits per heavy atom. The van der Waals surface area contributed by atoms with Gasteiger partial charge in [-0.1, -0.05) is 18.2 Å². The number of hydrogen-bond acceptors (Lipinski definition) is 1. The fraction of sp³-hybridized carbons (Fsp3) is 0. The van der Waals surface area contributed by atoms with Crippen molar-refractivity contribution >= 4 is 59.6 Å². The number of fused-ring (bicyclic) bond motifs is 5. The minimum absolute atomic E-state index is 0.921. The third-order valence-corrected chi connectivity index (χ3v) is 4.09. The smallest absolute Gasteiger partial charge is 0.153 e. The molecule has 18 heavy (non-hydrogen) atoms. The lowest BCUT2D eigenvalue weighted by Gasteiger charge is -1.98. The van der Waals surface area contributed by atoms with E-state index in [2.05, 4.69) is 53.4 Å². The number of hydrogen-bond donors (Lipinski definition) is 1. The number of aromatic nitrogens is 3. The van der Waals surface area contributed by atoms with Crippen LogP contribution in [0.2, 0.25) is 0 Å². The minimum atomic E-state index is 0.921. The Labute approximate surface area is 119 Å². The van der Waals surface area contributed by atoms with Crippen LogP contribution in [0.1, 0.15) is 0 Å². The maximum Gasteiger partial charge on any atom is 0.153 e. The molecule has 4 aromatic rings. The number of benzene rings is 1. The first-order valence-corrected chi connectivity index (χ1v) is 7.06. The maximum absolute atomic E-state index is 4.71. The lowest BCUT2D eigenvalue weighted by Crippen LogP contribution is -1.86. The molecule has 88 valence electrons. The van der Waals surface area contributed by atoms with E-state index in [1.54, 1.807) is 0 Å². The van der Waals surface area contributed by atoms with Gasteiger partial charge in [0.2, 0.25) is 0 Å². The average molecular weight is 365 g/mol. The molecule has 1 N–H and O–H groups in total. The Bertz CT molecular complexity index is 905. The monoisotopic (exact) mass is 363 g/mol. The number of para-hydroxylation sites is 1. The van der Waals surface area contributed by atoms with Crippen LogP contribution in [-0.2, 0) is 0 Å². The third-order valence-electron chi connectivity index (χ3n) is 3.08. The van der Waals surface area contributed by atoms with Gasteiger partial charge in [0.25, 0.3) is 0 Å². The second kappa shape index (κ2) is 3.59. The summed E-state index contributed by atoms with van der Waals surface area (Å²) in [6.07, 6.45) is 2.02. The van der Waals surface area contributed by atoms with Gasteiger partial charge in [-0.25, -0.2) is 4.98 Å². The molecule has 3 heterocycles. The molecule has 0 aliphatic heterocycles. The zero-order valence-electron chi connectivity index (χ0n) is 9.11. The molecule has 3 nitrogen and oxygen atoms in total. The van der Waals surface area contributed by atoms with E-state index in [0.29, 0.717) is 0 Å². The molecule has 4 rings (SSSR count). The first-order chi connectivity index (χ1) is 8.74. The minimum Gasteiger partial charge on any atom is -0.339 e. The molecule has 0 bridgehead atoms. The van der Waals surface area contributed by atoms with Crippen LogP contribution in [0.25, 0.3) is 27.7 Å². The molecule has 0 unspecified atom stereocenters. The van der Waals surface area contributed by atoms with E-state index in [4.69, 9.17) is 4.98 Å². The van der Waals surface area contributed by atoms with Crippen LogP contribution < -0.4 is 0 Å². The molecule has 0 aliphatic rings. The fourth-order valence-corrected chi connectivity index (χ4v) is 3.57. The summed E-state index contributed by atoms with van der Waals surface area (Å²) in [5.41, 5.74) is 4.06. The standard InChI is InChI=1S/C13H7Br2N3/c14-7-5-9(15)12-17-11-8-3-1-2-4-10(8)16-13(11)18(12)6-7/h1-6,16H. The van der Waals surface area contributed by atoms with E-state index < -0.39 is 0 Å². The molecule has 0 spiro atoms. The van der Waals surface area contributed by atoms with Crippen LogP contribution >= 0.6 is 31.9 Å². The number of rotatable bonds is 0. The summed E-state index contributed by atoms with van der Waals surface area (Å²) in [6, 6.07) is 10.2. The molecule has 0 fully saturated rings. The predicted octanol–water partition coefficient (Wildman–Crippen LogP) is 4.49. The van der Waals surface area contributed by atoms with Gasteiger partial charge in [0, 0.05) is 21.6 Å². The quantitative estimate of drug-likeness (QED) is 0.489. The average Bonchev–Trinajstić information content (AvgIpc) is 2.86. The molecular weight excluding hydrogens is 358 g/mol. The number of imidazole rings is 1. The van der Waals surface area contributed by atoms with Crippen molar-refractivity contribution in [3.63, 3.8) is 0 Å². The highest BCUT2D eigenvalue weighted by Crippen LogP contribution is 2.30. The molecule has 0 saturated heterocycles. The van der Waals surface area contributed by atoms with Crippen LogP contribution in [0, 0.1) is 0 Å². The van der Waals surface area contributed by atoms with Crippen LogP contribution in [0.5, 0.6) is 0 Å². The van der Waals surface area contributed by atoms with E-state index in [1.807, 2.05) is 24.4 Å². The Morgan fingerprint density at radius 3 is 2.89 bits per heavy atom. The molecule has 0 amide bonds. The highest BCUT2D eigenvalue weighted by molar-refractivity contribution is 9.11. The molecule has 3 aromatic heterocycles. The second-order valence-corrected chi connectivity index (χ2v) is 5.95. The van der Waals surface area contributed by atoms with Gasteiger partial charge in [0.1, 0.15) is 11.2 Å². The number of nitrogens with one attached hydrogen (secondary N) is 1. The lowest BCUT2D eigenvalue weighted by atomic mass is 10.2. The second-order valence-electron chi connectivity index (χ2n) is 4.18. The van der Waals surface area contributed by atoms with E-state index >= 15 is 0 Å². The Balaban J connectivity index is 2.31. The van der Waals surface area contributed by atoms with E-state index in [0.717, 1.165) is 36.7 Å². The SMILES string of the molecule is Brc1cc(Br)c2nc3c4ccccc4[nH]c3n2c1. The van der Waals surface area contributed by atoms with Gasteiger partial charge in [-0.2, -0.15) is 0 Å². The summed E-state index contributed by atoms with van der Waals surface area (Å²) in [5.74, 6) is 0. The van der Waals surface area contributed by atoms with Crippen molar-refractivity contribution in [3.8, 4) is 0 Å². The summed E-state index contributed by atoms with van der Waals surface area (Å²) in [5, 5.41) is 1.15. The predicted molar refractivity (Wildman–Crippen MR) is 80.0 cm³/mol. The summed E-state index contributed by atoms with van der Waals surface area (Å²) < 4.78 is 4.05. The molecule has 1 aromatic carbocycles. The Hall–Kier alpha value is -1.33. The highest BCUT2D eigenvalue weighted by atomic mass is 79.9. The van der Waals surface area contributed by atoms with Crippen LogP contribution in [-0.4, -0.2) is 14.4 Å². The lowest BCUT2D eigenvalue weighted by molar-refractivity contribution is 1.18. The largest absolute Gasteiger partial charge is 0.339 e. The first-order valence-electron chi connectivity index (χ1n) is 5.47. The molecule has 5 heteroatoms. The van der Waals surface area contributed by atoms with E-state index in [1.165, 1.54) is 0 Å². The van der Waals surface area contributed by atoms with Gasteiger partial charge in [-0.3, -0.25) is 4.40 Å². The van der Waals surface area contributed by atoms with Crippen molar-refractivity contribution < 1.29 is 0 Å². The zero-order valence-corrected chi connectivity index (χ0v) is 12.3. The number of pyridine rings is 1. The first kappa shape index (κ1) is 10.6. The van der Waals surface area contributed by atoms with Crippen LogP contribution in [0.15, 0.2) is 45.5 Å². The van der Waals surface area contributed by atoms with Gasteiger partial charge in [0.15, 0.2) is 5.65 Å². The van der Waals surface area contributed by atoms with E-state index in [-0.39, 0.29) is 0 Å². The number of H-pyrrole nitrogens is 1. The molecular formula is C13H7Br2N3. The van der Waals surface area contributed by atoms with Crippen molar-refractivity contribution in [1.82, 2.24) is 14.4 Å². The summed E-state index contributed by atoms with van der Waals surface area (Å²) in [7, 11) is 0. The molecule has 0 aliphatic carbocycles. The fourth-order valence-electron chi connectivity index (χ4n) is 2.31. The van der Waals surface area contributed by atoms with Crippen molar-refractivity contribution in [2.75, 3.05) is 0 Å². The topological polar surface area (TPSA) is 33.1 Å². The third kappa shape index (κ3) is 1.31. The normalized spacial score (nSPS) is 11.9. The van der Waals surface area contributed by atoms with Crippen molar-refractivity contribution in [1.29, 1.82) is 0 Å². The van der Waals surface area contributed by atoms with Crippen molar-refractivity contribution in [2.45, 2.75) is 0 Å². The molecule has 0 saturated carbocycles. The molecule has 0 atom stereocenters. The number of nitrogens with zero attached hydrogens (tertiary/aromatic N) is 2. The van der Waals surface area contributed by atoms with Gasteiger partial charge >= 0.3 is 0 Å². The highest BCUT2D eigenvalue weighted by Gasteiger charge is 2.13. The van der Waals surface area contributed by atoms with Crippen LogP contribution in [0.4, 0.5) is 0 Å². The van der Waals surface area contributed by atoms with Gasteiger partial charge in [-0.05, 0) is 44.0 Å². The Morgan fingerprint density at radius 1 is 1.17 bits per heavy atom. The number of aromatic amines is 1. The van der Waals surface area contributed by atoms with E-state index in [9.17, 15) is 0 Å². The zero-order chi connectivity index (χ0) is 12.3. The summed E-state index contributed by atoms with van der Waals surface area (Å²) in [4.78, 5) is 8.12. The Kier molecular flexibility index (Phi) is 2.11. The summed E-state index contributed by atoms with van der Waals surface area (Å²) >= 11 is 7.05. The van der Waals surface area contributed by atoms with Crippen molar-refractivity contribution in [3.05, 3.63) is 45.5 Å². The summed E-state index contributed by atoms with van der Waals surface area (Å²) in [6.45, 7) is 0. The molecule has 0 radical (unpaired) electrons. The number of halogens is 2.